The van der Waals surface area contributed by atoms with Crippen molar-refractivity contribution in [1.29, 1.82) is 0 Å². The highest BCUT2D eigenvalue weighted by Gasteiger charge is 2.17. The van der Waals surface area contributed by atoms with Gasteiger partial charge in [-0.1, -0.05) is 62.4 Å². The summed E-state index contributed by atoms with van der Waals surface area (Å²) >= 11 is 0. The fourth-order valence-electron chi connectivity index (χ4n) is 4.59. The quantitative estimate of drug-likeness (QED) is 0.248. The lowest BCUT2D eigenvalue weighted by Gasteiger charge is -2.23. The van der Waals surface area contributed by atoms with E-state index in [9.17, 15) is 0 Å². The highest BCUT2D eigenvalue weighted by molar-refractivity contribution is 6.31. The number of para-hydroxylation sites is 1. The number of hydrazine groups is 1. The molecule has 0 aliphatic heterocycles. The number of benzene rings is 1. The predicted octanol–water partition coefficient (Wildman–Crippen LogP) is 6.10. The smallest absolute Gasteiger partial charge is 0.0880 e. The maximum atomic E-state index is 6.61. The van der Waals surface area contributed by atoms with Gasteiger partial charge in [-0.05, 0) is 62.8 Å². The van der Waals surface area contributed by atoms with Crippen molar-refractivity contribution in [2.75, 3.05) is 7.05 Å². The van der Waals surface area contributed by atoms with Crippen LogP contribution < -0.4 is 11.6 Å². The molecule has 3 rings (SSSR count). The van der Waals surface area contributed by atoms with Crippen molar-refractivity contribution in [3.05, 3.63) is 77.4 Å². The average Bonchev–Trinajstić information content (AvgIpc) is 2.86. The van der Waals surface area contributed by atoms with E-state index in [0.717, 1.165) is 40.8 Å². The fourth-order valence-corrected chi connectivity index (χ4v) is 4.59. The number of aryl methyl sites for hydroxylation is 1. The van der Waals surface area contributed by atoms with E-state index < -0.39 is 0 Å². The van der Waals surface area contributed by atoms with E-state index >= 15 is 0 Å². The molecule has 0 unspecified atom stereocenters. The summed E-state index contributed by atoms with van der Waals surface area (Å²) in [5.74, 6) is 6.99. The molecule has 0 amide bonds. The summed E-state index contributed by atoms with van der Waals surface area (Å²) in [5.41, 5.74) is 12.9. The van der Waals surface area contributed by atoms with Gasteiger partial charge >= 0.3 is 0 Å². The number of hydrogen-bond acceptors (Lipinski definition) is 6. The van der Waals surface area contributed by atoms with Gasteiger partial charge in [0, 0.05) is 25.2 Å². The first-order valence-corrected chi connectivity index (χ1v) is 12.7. The van der Waals surface area contributed by atoms with E-state index in [4.69, 9.17) is 21.6 Å². The summed E-state index contributed by atoms with van der Waals surface area (Å²) in [4.78, 5) is 14.0. The maximum absolute atomic E-state index is 6.61. The lowest BCUT2D eigenvalue weighted by Crippen LogP contribution is -2.28. The van der Waals surface area contributed by atoms with E-state index in [2.05, 4.69) is 18.0 Å². The summed E-state index contributed by atoms with van der Waals surface area (Å²) in [6, 6.07) is 14.1. The Hall–Kier alpha value is -3.25. The van der Waals surface area contributed by atoms with Gasteiger partial charge in [-0.25, -0.2) is 5.84 Å². The van der Waals surface area contributed by atoms with E-state index in [1.165, 1.54) is 37.7 Å². The molecule has 4 N–H and O–H groups in total. The van der Waals surface area contributed by atoms with Crippen molar-refractivity contribution in [3.63, 3.8) is 0 Å². The van der Waals surface area contributed by atoms with Gasteiger partial charge in [0.25, 0.3) is 0 Å². The first-order chi connectivity index (χ1) is 17.0. The molecule has 2 aromatic rings. The third-order valence-electron chi connectivity index (χ3n) is 6.55. The average molecular weight is 473 g/mol. The molecule has 0 radical (unpaired) electrons. The van der Waals surface area contributed by atoms with Crippen molar-refractivity contribution in [2.45, 2.75) is 65.2 Å². The van der Waals surface area contributed by atoms with Gasteiger partial charge in [-0.15, -0.1) is 0 Å². The van der Waals surface area contributed by atoms with Crippen LogP contribution in [0.3, 0.4) is 0 Å². The monoisotopic (exact) mass is 472 g/mol. The third kappa shape index (κ3) is 8.18. The molecule has 1 fully saturated rings. The zero-order valence-corrected chi connectivity index (χ0v) is 21.5. The van der Waals surface area contributed by atoms with E-state index in [1.54, 1.807) is 17.4 Å². The van der Waals surface area contributed by atoms with Gasteiger partial charge in [0.1, 0.15) is 0 Å². The first kappa shape index (κ1) is 26.4. The lowest BCUT2D eigenvalue weighted by atomic mass is 9.84. The molecule has 1 saturated carbocycles. The topological polar surface area (TPSA) is 92.9 Å². The molecule has 186 valence electrons. The van der Waals surface area contributed by atoms with Crippen LogP contribution in [-0.4, -0.2) is 29.0 Å². The van der Waals surface area contributed by atoms with Crippen LogP contribution in [0.25, 0.3) is 5.70 Å². The zero-order valence-electron chi connectivity index (χ0n) is 21.5. The molecule has 1 heterocycles. The molecule has 6 nitrogen and oxygen atoms in total. The number of rotatable bonds is 10. The number of aliphatic imine (C=N–C) groups is 2. The highest BCUT2D eigenvalue weighted by Crippen LogP contribution is 2.28. The summed E-state index contributed by atoms with van der Waals surface area (Å²) < 4.78 is 0. The third-order valence-corrected chi connectivity index (χ3v) is 6.55. The molecule has 0 atom stereocenters. The van der Waals surface area contributed by atoms with E-state index in [-0.39, 0.29) is 0 Å². The van der Waals surface area contributed by atoms with Gasteiger partial charge in [0.2, 0.25) is 0 Å². The van der Waals surface area contributed by atoms with Crippen LogP contribution >= 0.6 is 0 Å². The molecule has 0 bridgehead atoms. The van der Waals surface area contributed by atoms with Crippen molar-refractivity contribution >= 4 is 23.3 Å². The molecule has 1 aromatic carbocycles. The largest absolute Gasteiger partial charge is 0.396 e. The minimum atomic E-state index is 0.603. The number of aromatic nitrogens is 1. The Labute approximate surface area is 210 Å². The van der Waals surface area contributed by atoms with Gasteiger partial charge in [0.15, 0.2) is 0 Å². The minimum Gasteiger partial charge on any atom is -0.396 e. The van der Waals surface area contributed by atoms with Crippen LogP contribution in [0, 0.1) is 12.8 Å². The number of pyridine rings is 1. The van der Waals surface area contributed by atoms with Crippen LogP contribution in [-0.2, 0) is 6.42 Å². The summed E-state index contributed by atoms with van der Waals surface area (Å²) in [6.45, 7) is 4.02. The highest BCUT2D eigenvalue weighted by atomic mass is 15.4. The Bertz CT molecular complexity index is 1060. The summed E-state index contributed by atoms with van der Waals surface area (Å²) in [7, 11) is 1.81. The molecule has 0 spiro atoms. The second kappa shape index (κ2) is 13.6. The van der Waals surface area contributed by atoms with Crippen molar-refractivity contribution in [1.82, 2.24) is 9.99 Å². The normalized spacial score (nSPS) is 16.2. The standard InChI is InChI=1S/C29H40N6/c1-4-19-32-21-26(34-25-13-9-6-10-14-25)16-18-28(35(3)31)29(30)27-17-15-24(22(2)33-27)20-23-11-7-5-8-12-23/h4,6,9-10,13-15,17,19,21,23H,5,7-8,11-12,16,18,20,30-31H2,1-3H3/b19-4+,29-28-,32-21-,34-26-. The van der Waals surface area contributed by atoms with Gasteiger partial charge in [0.05, 0.1) is 28.5 Å². The zero-order chi connectivity index (χ0) is 25.0. The van der Waals surface area contributed by atoms with Gasteiger partial charge < -0.3 is 10.7 Å². The lowest BCUT2D eigenvalue weighted by molar-refractivity contribution is 0.356. The van der Waals surface area contributed by atoms with E-state index in [1.807, 2.05) is 56.4 Å². The van der Waals surface area contributed by atoms with Crippen molar-refractivity contribution < 1.29 is 0 Å². The van der Waals surface area contributed by atoms with Crippen LogP contribution in [0.15, 0.2) is 70.4 Å². The first-order valence-electron chi connectivity index (χ1n) is 12.7. The molecule has 1 aromatic heterocycles. The Balaban J connectivity index is 1.79. The SMILES string of the molecule is C/C=C/N=C\C(CC/C(=C(/N)c1ccc(CC2CCCCC2)c(C)n1)N(C)N)=N/c1ccccc1. The number of nitrogens with two attached hydrogens (primary N) is 2. The Morgan fingerprint density at radius 1 is 1.09 bits per heavy atom. The van der Waals surface area contributed by atoms with Crippen molar-refractivity contribution in [2.24, 2.45) is 27.5 Å². The van der Waals surface area contributed by atoms with Gasteiger partial charge in [-0.2, -0.15) is 0 Å². The van der Waals surface area contributed by atoms with Crippen molar-refractivity contribution in [3.8, 4) is 0 Å². The Morgan fingerprint density at radius 3 is 2.49 bits per heavy atom. The van der Waals surface area contributed by atoms with E-state index in [0.29, 0.717) is 18.5 Å². The second-order valence-electron chi connectivity index (χ2n) is 9.32. The molecule has 35 heavy (non-hydrogen) atoms. The fraction of sp³-hybridized carbons (Fsp3) is 0.414. The molecule has 6 heteroatoms. The Kier molecular flexibility index (Phi) is 10.2. The summed E-state index contributed by atoms with van der Waals surface area (Å²) in [6.07, 6.45) is 14.5. The Morgan fingerprint density at radius 2 is 1.83 bits per heavy atom. The molecule has 1 aliphatic rings. The maximum Gasteiger partial charge on any atom is 0.0880 e. The number of allylic oxidation sites excluding steroid dienone is 2. The minimum absolute atomic E-state index is 0.603. The van der Waals surface area contributed by atoms with Crippen LogP contribution in [0.2, 0.25) is 0 Å². The molecular weight excluding hydrogens is 432 g/mol. The number of nitrogens with zero attached hydrogens (tertiary/aromatic N) is 4. The molecule has 1 aliphatic carbocycles. The molecule has 0 saturated heterocycles. The van der Waals surface area contributed by atoms with Crippen LogP contribution in [0.4, 0.5) is 5.69 Å². The number of hydrogen-bond donors (Lipinski definition) is 2. The molecular formula is C29H40N6. The van der Waals surface area contributed by atoms with Crippen LogP contribution in [0.5, 0.6) is 0 Å². The second-order valence-corrected chi connectivity index (χ2v) is 9.32. The predicted molar refractivity (Wildman–Crippen MR) is 148 cm³/mol. The van der Waals surface area contributed by atoms with Crippen LogP contribution in [0.1, 0.15) is 68.8 Å². The van der Waals surface area contributed by atoms with Gasteiger partial charge in [-0.3, -0.25) is 15.0 Å². The summed E-state index contributed by atoms with van der Waals surface area (Å²) in [5, 5.41) is 1.59.